The van der Waals surface area contributed by atoms with Crippen LogP contribution in [0.5, 0.6) is 0 Å². The molecular weight excluding hydrogens is 208 g/mol. The predicted octanol–water partition coefficient (Wildman–Crippen LogP) is 3.04. The fourth-order valence-corrected chi connectivity index (χ4v) is 2.94. The molecule has 0 unspecified atom stereocenters. The summed E-state index contributed by atoms with van der Waals surface area (Å²) < 4.78 is 0. The first-order valence-corrected chi connectivity index (χ1v) is 7.08. The Morgan fingerprint density at radius 1 is 1.41 bits per heavy atom. The van der Waals surface area contributed by atoms with Crippen LogP contribution in [0.4, 0.5) is 0 Å². The summed E-state index contributed by atoms with van der Waals surface area (Å²) in [4.78, 5) is 2.51. The van der Waals surface area contributed by atoms with Gasteiger partial charge in [-0.2, -0.15) is 0 Å². The molecular formula is C15H30N2. The lowest BCUT2D eigenvalue weighted by atomic mass is 9.70. The van der Waals surface area contributed by atoms with Crippen LogP contribution < -0.4 is 5.73 Å². The maximum Gasteiger partial charge on any atom is 0.0187 e. The van der Waals surface area contributed by atoms with Gasteiger partial charge in [-0.15, -0.1) is 0 Å². The molecule has 0 atom stereocenters. The Kier molecular flexibility index (Phi) is 5.68. The van der Waals surface area contributed by atoms with Crippen LogP contribution in [0.15, 0.2) is 12.2 Å². The number of rotatable bonds is 6. The van der Waals surface area contributed by atoms with Gasteiger partial charge in [-0.05, 0) is 44.2 Å². The van der Waals surface area contributed by atoms with Crippen molar-refractivity contribution >= 4 is 0 Å². The molecule has 1 aliphatic rings. The molecule has 1 rings (SSSR count). The lowest BCUT2D eigenvalue weighted by Crippen LogP contribution is -2.45. The SMILES string of the molecule is C=C(C)CN(CC)CC1(CN)CCC(C)CC1. The van der Waals surface area contributed by atoms with Gasteiger partial charge in [0.05, 0.1) is 0 Å². The monoisotopic (exact) mass is 238 g/mol. The fourth-order valence-electron chi connectivity index (χ4n) is 2.94. The minimum Gasteiger partial charge on any atom is -0.330 e. The second-order valence-corrected chi connectivity index (χ2v) is 6.15. The van der Waals surface area contributed by atoms with Gasteiger partial charge in [-0.1, -0.05) is 38.8 Å². The van der Waals surface area contributed by atoms with Gasteiger partial charge in [0.15, 0.2) is 0 Å². The minimum atomic E-state index is 0.373. The zero-order chi connectivity index (χ0) is 12.9. The lowest BCUT2D eigenvalue weighted by molar-refractivity contribution is 0.102. The Hall–Kier alpha value is -0.340. The molecule has 2 heteroatoms. The van der Waals surface area contributed by atoms with Crippen LogP contribution in [-0.4, -0.2) is 31.1 Å². The summed E-state index contributed by atoms with van der Waals surface area (Å²) in [6.07, 6.45) is 5.30. The van der Waals surface area contributed by atoms with E-state index in [1.165, 1.54) is 31.3 Å². The highest BCUT2D eigenvalue weighted by molar-refractivity contribution is 4.95. The second kappa shape index (κ2) is 6.55. The summed E-state index contributed by atoms with van der Waals surface area (Å²) in [5.41, 5.74) is 7.69. The van der Waals surface area contributed by atoms with Gasteiger partial charge < -0.3 is 5.73 Å². The van der Waals surface area contributed by atoms with Crippen LogP contribution in [0.3, 0.4) is 0 Å². The van der Waals surface area contributed by atoms with E-state index < -0.39 is 0 Å². The topological polar surface area (TPSA) is 29.3 Å². The molecule has 0 amide bonds. The zero-order valence-corrected chi connectivity index (χ0v) is 12.0. The average molecular weight is 238 g/mol. The third-order valence-electron chi connectivity index (χ3n) is 4.27. The van der Waals surface area contributed by atoms with Crippen molar-refractivity contribution in [3.63, 3.8) is 0 Å². The standard InChI is InChI=1S/C15H30N2/c1-5-17(10-13(2)3)12-15(11-16)8-6-14(4)7-9-15/h14H,2,5-12,16H2,1,3-4H3. The van der Waals surface area contributed by atoms with Gasteiger partial charge in [-0.25, -0.2) is 0 Å². The van der Waals surface area contributed by atoms with Crippen LogP contribution in [0.1, 0.15) is 46.5 Å². The molecule has 17 heavy (non-hydrogen) atoms. The van der Waals surface area contributed by atoms with Gasteiger partial charge in [0.1, 0.15) is 0 Å². The largest absolute Gasteiger partial charge is 0.330 e. The molecule has 1 fully saturated rings. The summed E-state index contributed by atoms with van der Waals surface area (Å²) in [5, 5.41) is 0. The zero-order valence-electron chi connectivity index (χ0n) is 12.0. The second-order valence-electron chi connectivity index (χ2n) is 6.15. The fraction of sp³-hybridized carbons (Fsp3) is 0.867. The van der Waals surface area contributed by atoms with Crippen LogP contribution >= 0.6 is 0 Å². The van der Waals surface area contributed by atoms with Crippen LogP contribution in [0.2, 0.25) is 0 Å². The summed E-state index contributed by atoms with van der Waals surface area (Å²) >= 11 is 0. The van der Waals surface area contributed by atoms with E-state index in [0.29, 0.717) is 5.41 Å². The summed E-state index contributed by atoms with van der Waals surface area (Å²) in [6, 6.07) is 0. The van der Waals surface area contributed by atoms with Crippen molar-refractivity contribution in [3.05, 3.63) is 12.2 Å². The molecule has 2 N–H and O–H groups in total. The molecule has 0 saturated heterocycles. The molecule has 0 aromatic rings. The molecule has 0 bridgehead atoms. The van der Waals surface area contributed by atoms with Crippen LogP contribution in [0.25, 0.3) is 0 Å². The highest BCUT2D eigenvalue weighted by atomic mass is 15.1. The molecule has 0 aromatic carbocycles. The van der Waals surface area contributed by atoms with Crippen molar-refractivity contribution in [3.8, 4) is 0 Å². The first-order chi connectivity index (χ1) is 8.01. The van der Waals surface area contributed by atoms with Gasteiger partial charge in [0.25, 0.3) is 0 Å². The first-order valence-electron chi connectivity index (χ1n) is 7.08. The Labute approximate surface area is 107 Å². The van der Waals surface area contributed by atoms with E-state index >= 15 is 0 Å². The van der Waals surface area contributed by atoms with Crippen LogP contribution in [0, 0.1) is 11.3 Å². The molecule has 0 aromatic heterocycles. The molecule has 0 radical (unpaired) electrons. The van der Waals surface area contributed by atoms with Crippen molar-refractivity contribution in [2.75, 3.05) is 26.2 Å². The third-order valence-corrected chi connectivity index (χ3v) is 4.27. The van der Waals surface area contributed by atoms with Gasteiger partial charge in [0.2, 0.25) is 0 Å². The molecule has 1 saturated carbocycles. The molecule has 2 nitrogen and oxygen atoms in total. The van der Waals surface area contributed by atoms with E-state index in [-0.39, 0.29) is 0 Å². The van der Waals surface area contributed by atoms with E-state index in [1.807, 2.05) is 0 Å². The van der Waals surface area contributed by atoms with E-state index in [2.05, 4.69) is 32.3 Å². The first kappa shape index (κ1) is 14.7. The average Bonchev–Trinajstić information content (AvgIpc) is 2.31. The molecule has 1 aliphatic carbocycles. The highest BCUT2D eigenvalue weighted by Gasteiger charge is 2.34. The molecule has 0 heterocycles. The van der Waals surface area contributed by atoms with Gasteiger partial charge in [0, 0.05) is 13.1 Å². The molecule has 100 valence electrons. The highest BCUT2D eigenvalue weighted by Crippen LogP contribution is 2.38. The Bertz CT molecular complexity index is 239. The normalized spacial score (nSPS) is 29.6. The van der Waals surface area contributed by atoms with Gasteiger partial charge >= 0.3 is 0 Å². The van der Waals surface area contributed by atoms with E-state index in [1.54, 1.807) is 0 Å². The quantitative estimate of drug-likeness (QED) is 0.721. The van der Waals surface area contributed by atoms with Crippen molar-refractivity contribution in [2.45, 2.75) is 46.5 Å². The smallest absolute Gasteiger partial charge is 0.0187 e. The maximum absolute atomic E-state index is 6.07. The molecule has 0 spiro atoms. The number of hydrogen-bond acceptors (Lipinski definition) is 2. The lowest BCUT2D eigenvalue weighted by Gasteiger charge is -2.42. The Morgan fingerprint density at radius 3 is 2.41 bits per heavy atom. The summed E-state index contributed by atoms with van der Waals surface area (Å²) in [7, 11) is 0. The van der Waals surface area contributed by atoms with Crippen LogP contribution in [-0.2, 0) is 0 Å². The van der Waals surface area contributed by atoms with E-state index in [9.17, 15) is 0 Å². The minimum absolute atomic E-state index is 0.373. The Balaban J connectivity index is 2.57. The van der Waals surface area contributed by atoms with Crippen molar-refractivity contribution in [2.24, 2.45) is 17.1 Å². The van der Waals surface area contributed by atoms with Crippen molar-refractivity contribution in [1.82, 2.24) is 4.90 Å². The molecule has 0 aliphatic heterocycles. The van der Waals surface area contributed by atoms with Crippen molar-refractivity contribution < 1.29 is 0 Å². The number of likely N-dealkylation sites (N-methyl/N-ethyl adjacent to an activating group) is 1. The number of nitrogens with two attached hydrogens (primary N) is 1. The Morgan fingerprint density at radius 2 is 2.00 bits per heavy atom. The van der Waals surface area contributed by atoms with E-state index in [0.717, 1.165) is 32.1 Å². The number of hydrogen-bond donors (Lipinski definition) is 1. The summed E-state index contributed by atoms with van der Waals surface area (Å²) in [6.45, 7) is 14.9. The maximum atomic E-state index is 6.07. The number of nitrogens with zero attached hydrogens (tertiary/aromatic N) is 1. The third kappa shape index (κ3) is 4.44. The summed E-state index contributed by atoms with van der Waals surface area (Å²) in [5.74, 6) is 0.894. The van der Waals surface area contributed by atoms with Gasteiger partial charge in [-0.3, -0.25) is 4.90 Å². The predicted molar refractivity (Wildman–Crippen MR) is 76.0 cm³/mol. The van der Waals surface area contributed by atoms with Crippen molar-refractivity contribution in [1.29, 1.82) is 0 Å². The van der Waals surface area contributed by atoms with E-state index in [4.69, 9.17) is 5.73 Å².